The van der Waals surface area contributed by atoms with Crippen molar-refractivity contribution in [2.45, 2.75) is 6.92 Å². The normalized spacial score (nSPS) is 10.2. The minimum Gasteiger partial charge on any atom is -0.466 e. The van der Waals surface area contributed by atoms with Crippen LogP contribution in [0.2, 0.25) is 0 Å². The van der Waals surface area contributed by atoms with Gasteiger partial charge in [0.2, 0.25) is 0 Å². The van der Waals surface area contributed by atoms with Crippen LogP contribution in [-0.2, 0) is 9.53 Å². The van der Waals surface area contributed by atoms with E-state index in [9.17, 15) is 4.79 Å². The molecule has 2 aromatic rings. The van der Waals surface area contributed by atoms with Crippen molar-refractivity contribution in [1.29, 1.82) is 0 Å². The minimum atomic E-state index is -0.313. The zero-order valence-electron chi connectivity index (χ0n) is 13.0. The number of esters is 1. The van der Waals surface area contributed by atoms with E-state index in [0.29, 0.717) is 5.57 Å². The largest absolute Gasteiger partial charge is 0.466 e. The Labute approximate surface area is 161 Å². The van der Waals surface area contributed by atoms with Crippen LogP contribution in [0, 0.1) is 0 Å². The summed E-state index contributed by atoms with van der Waals surface area (Å²) in [6.07, 6.45) is 3.75. The predicted octanol–water partition coefficient (Wildman–Crippen LogP) is 6.01. The lowest BCUT2D eigenvalue weighted by Crippen LogP contribution is -2.00. The van der Waals surface area contributed by atoms with Gasteiger partial charge >= 0.3 is 5.97 Å². The van der Waals surface area contributed by atoms with E-state index in [1.54, 1.807) is 13.0 Å². The van der Waals surface area contributed by atoms with E-state index < -0.39 is 0 Å². The summed E-state index contributed by atoms with van der Waals surface area (Å²) in [5.41, 5.74) is 3.86. The van der Waals surface area contributed by atoms with Gasteiger partial charge in [0, 0.05) is 42.8 Å². The second-order valence-electron chi connectivity index (χ2n) is 4.65. The fraction of sp³-hybridized carbons (Fsp3) is 0.105. The smallest absolute Gasteiger partial charge is 0.333 e. The molecule has 0 amide bonds. The standard InChI is InChI=1S/C19H18O2.I2/c1-15(19(20)21-2)13-14-18(16-9-5-3-6-10-16)17-11-7-4-8-12-17;1-2/h3-14H,1-2H3;/b15-13-;. The summed E-state index contributed by atoms with van der Waals surface area (Å²) >= 11 is 4.24. The van der Waals surface area contributed by atoms with Gasteiger partial charge in [-0.3, -0.25) is 0 Å². The Morgan fingerprint density at radius 1 is 0.870 bits per heavy atom. The Morgan fingerprint density at radius 2 is 1.30 bits per heavy atom. The molecule has 0 atom stereocenters. The Kier molecular flexibility index (Phi) is 9.86. The summed E-state index contributed by atoms with van der Waals surface area (Å²) in [6.45, 7) is 1.75. The zero-order chi connectivity index (χ0) is 17.1. The van der Waals surface area contributed by atoms with Crippen molar-refractivity contribution < 1.29 is 9.53 Å². The van der Waals surface area contributed by atoms with Crippen LogP contribution < -0.4 is 0 Å². The van der Waals surface area contributed by atoms with Gasteiger partial charge in [0.25, 0.3) is 0 Å². The third kappa shape index (κ3) is 6.47. The molecule has 0 saturated heterocycles. The average Bonchev–Trinajstić information content (AvgIpc) is 2.64. The molecule has 2 aromatic carbocycles. The number of allylic oxidation sites excluding steroid dienone is 2. The average molecular weight is 532 g/mol. The topological polar surface area (TPSA) is 26.3 Å². The van der Waals surface area contributed by atoms with Crippen molar-refractivity contribution in [3.05, 3.63) is 89.5 Å². The molecule has 0 saturated carbocycles. The SMILES string of the molecule is COC(=O)/C(C)=C\C=C(c1ccccc1)c1ccccc1.II. The number of hydrogen-bond donors (Lipinski definition) is 0. The lowest BCUT2D eigenvalue weighted by molar-refractivity contribution is -0.136. The summed E-state index contributed by atoms with van der Waals surface area (Å²) < 4.78 is 4.72. The highest BCUT2D eigenvalue weighted by atomic mass is 128. The van der Waals surface area contributed by atoms with E-state index in [-0.39, 0.29) is 5.97 Å². The molecular formula is C19H18I2O2. The van der Waals surface area contributed by atoms with Gasteiger partial charge < -0.3 is 4.74 Å². The molecule has 0 aliphatic rings. The molecule has 0 bridgehead atoms. The maximum atomic E-state index is 11.5. The molecule has 0 N–H and O–H groups in total. The van der Waals surface area contributed by atoms with Crippen LogP contribution in [-0.4, -0.2) is 13.1 Å². The number of carbonyl (C=O) groups is 1. The molecule has 2 nitrogen and oxygen atoms in total. The van der Waals surface area contributed by atoms with E-state index in [1.807, 2.05) is 42.5 Å². The molecule has 120 valence electrons. The minimum absolute atomic E-state index is 0.313. The Morgan fingerprint density at radius 3 is 1.70 bits per heavy atom. The van der Waals surface area contributed by atoms with Crippen molar-refractivity contribution in [2.24, 2.45) is 0 Å². The highest BCUT2D eigenvalue weighted by molar-refractivity contribution is 15.0. The van der Waals surface area contributed by atoms with Crippen molar-refractivity contribution in [2.75, 3.05) is 7.11 Å². The van der Waals surface area contributed by atoms with Crippen molar-refractivity contribution in [3.8, 4) is 0 Å². The molecular weight excluding hydrogens is 514 g/mol. The predicted molar refractivity (Wildman–Crippen MR) is 114 cm³/mol. The summed E-state index contributed by atoms with van der Waals surface area (Å²) in [4.78, 5) is 11.5. The fourth-order valence-electron chi connectivity index (χ4n) is 2.03. The Hall–Kier alpha value is -1.15. The van der Waals surface area contributed by atoms with Crippen LogP contribution >= 0.6 is 37.2 Å². The maximum Gasteiger partial charge on any atom is 0.333 e. The third-order valence-corrected chi connectivity index (χ3v) is 3.18. The number of hydrogen-bond acceptors (Lipinski definition) is 2. The number of methoxy groups -OCH3 is 1. The molecule has 23 heavy (non-hydrogen) atoms. The monoisotopic (exact) mass is 532 g/mol. The van der Waals surface area contributed by atoms with E-state index in [1.165, 1.54) is 7.11 Å². The lowest BCUT2D eigenvalue weighted by atomic mass is 9.97. The first-order valence-corrected chi connectivity index (χ1v) is 13.2. The number of halogens is 2. The van der Waals surface area contributed by atoms with Gasteiger partial charge in [-0.15, -0.1) is 0 Å². The quantitative estimate of drug-likeness (QED) is 0.209. The molecule has 0 fully saturated rings. The highest BCUT2D eigenvalue weighted by Gasteiger charge is 2.05. The van der Waals surface area contributed by atoms with E-state index in [2.05, 4.69) is 61.5 Å². The zero-order valence-corrected chi connectivity index (χ0v) is 17.3. The molecule has 0 aliphatic heterocycles. The molecule has 2 rings (SSSR count). The fourth-order valence-corrected chi connectivity index (χ4v) is 2.03. The van der Waals surface area contributed by atoms with Gasteiger partial charge in [-0.25, -0.2) is 4.79 Å². The van der Waals surface area contributed by atoms with E-state index >= 15 is 0 Å². The Balaban J connectivity index is 0.00000127. The summed E-state index contributed by atoms with van der Waals surface area (Å²) in [7, 11) is 1.39. The van der Waals surface area contributed by atoms with Gasteiger partial charge in [0.15, 0.2) is 0 Å². The summed E-state index contributed by atoms with van der Waals surface area (Å²) in [5.74, 6) is -0.313. The van der Waals surface area contributed by atoms with Gasteiger partial charge in [-0.2, -0.15) is 0 Å². The highest BCUT2D eigenvalue weighted by Crippen LogP contribution is 2.23. The number of benzene rings is 2. The molecule has 0 radical (unpaired) electrons. The lowest BCUT2D eigenvalue weighted by Gasteiger charge is -2.07. The van der Waals surface area contributed by atoms with Crippen LogP contribution in [0.3, 0.4) is 0 Å². The first-order chi connectivity index (χ1) is 11.2. The van der Waals surface area contributed by atoms with Crippen LogP contribution in [0.25, 0.3) is 5.57 Å². The number of ether oxygens (including phenoxy) is 1. The summed E-state index contributed by atoms with van der Waals surface area (Å²) in [5, 5.41) is 0. The van der Waals surface area contributed by atoms with Gasteiger partial charge in [-0.05, 0) is 23.6 Å². The van der Waals surface area contributed by atoms with Crippen LogP contribution in [0.4, 0.5) is 0 Å². The molecule has 0 spiro atoms. The van der Waals surface area contributed by atoms with Crippen molar-refractivity contribution in [3.63, 3.8) is 0 Å². The van der Waals surface area contributed by atoms with Crippen LogP contribution in [0.1, 0.15) is 18.1 Å². The van der Waals surface area contributed by atoms with E-state index in [0.717, 1.165) is 16.7 Å². The van der Waals surface area contributed by atoms with E-state index in [4.69, 9.17) is 4.74 Å². The molecule has 0 aromatic heterocycles. The van der Waals surface area contributed by atoms with Gasteiger partial charge in [-0.1, -0.05) is 72.8 Å². The van der Waals surface area contributed by atoms with Gasteiger partial charge in [0.1, 0.15) is 0 Å². The molecule has 0 aliphatic carbocycles. The number of carbonyl (C=O) groups excluding carboxylic acids is 1. The van der Waals surface area contributed by atoms with Crippen LogP contribution in [0.15, 0.2) is 78.4 Å². The van der Waals surface area contributed by atoms with Gasteiger partial charge in [0.05, 0.1) is 7.11 Å². The summed E-state index contributed by atoms with van der Waals surface area (Å²) in [6, 6.07) is 20.2. The molecule has 0 unspecified atom stereocenters. The van der Waals surface area contributed by atoms with Crippen LogP contribution in [0.5, 0.6) is 0 Å². The number of rotatable bonds is 4. The first-order valence-electron chi connectivity index (χ1n) is 6.94. The first kappa shape index (κ1) is 19.9. The second kappa shape index (κ2) is 11.4. The van der Waals surface area contributed by atoms with Crippen molar-refractivity contribution in [1.82, 2.24) is 0 Å². The van der Waals surface area contributed by atoms with Crippen molar-refractivity contribution >= 4 is 48.8 Å². The maximum absolute atomic E-state index is 11.5. The molecule has 4 heteroatoms. The molecule has 0 heterocycles. The second-order valence-corrected chi connectivity index (χ2v) is 4.65. The third-order valence-electron chi connectivity index (χ3n) is 3.18. The Bertz CT molecular complexity index is 621.